The number of nitrogens with one attached hydrogen (secondary N) is 2. The van der Waals surface area contributed by atoms with Crippen LogP contribution in [0.1, 0.15) is 44.7 Å². The zero-order valence-electron chi connectivity index (χ0n) is 16.2. The summed E-state index contributed by atoms with van der Waals surface area (Å²) in [5, 5.41) is 4.62. The fourth-order valence-electron chi connectivity index (χ4n) is 3.32. The smallest absolute Gasteiger partial charge is 0.416 e. The lowest BCUT2D eigenvalue weighted by atomic mass is 10.1. The van der Waals surface area contributed by atoms with Crippen molar-refractivity contribution in [2.24, 2.45) is 0 Å². The number of carbonyl (C=O) groups is 1. The molecule has 1 unspecified atom stereocenters. The number of alkyl halides is 3. The molecule has 1 aliphatic rings. The van der Waals surface area contributed by atoms with E-state index in [2.05, 4.69) is 15.7 Å². The molecule has 2 N–H and O–H groups in total. The van der Waals surface area contributed by atoms with Crippen LogP contribution in [-0.2, 0) is 12.7 Å². The van der Waals surface area contributed by atoms with Crippen molar-refractivity contribution in [3.05, 3.63) is 82.4 Å². The standard InChI is InChI=1S/C21H19F3N4O2/c1-12-3-8-17-18(26-20(29)16-9-10-30-13(16)2)27-28(19(17)25-12)11-14-4-6-15(7-5-14)21(22,23)24/h3-10,18,27H,11H2,1-2H3,(H,26,29). The van der Waals surface area contributed by atoms with Crippen LogP contribution in [0.3, 0.4) is 0 Å². The van der Waals surface area contributed by atoms with Gasteiger partial charge in [-0.1, -0.05) is 12.1 Å². The fourth-order valence-corrected chi connectivity index (χ4v) is 3.32. The number of benzene rings is 1. The first kappa shape index (κ1) is 20.0. The van der Waals surface area contributed by atoms with Crippen LogP contribution >= 0.6 is 0 Å². The van der Waals surface area contributed by atoms with Gasteiger partial charge in [-0.25, -0.2) is 10.4 Å². The Bertz CT molecular complexity index is 1080. The van der Waals surface area contributed by atoms with Gasteiger partial charge in [0.15, 0.2) is 0 Å². The molecule has 0 bridgehead atoms. The summed E-state index contributed by atoms with van der Waals surface area (Å²) >= 11 is 0. The number of halogens is 3. The van der Waals surface area contributed by atoms with Crippen LogP contribution in [0.2, 0.25) is 0 Å². The van der Waals surface area contributed by atoms with Crippen molar-refractivity contribution < 1.29 is 22.4 Å². The lowest BCUT2D eigenvalue weighted by Gasteiger charge is -2.21. The van der Waals surface area contributed by atoms with Gasteiger partial charge in [-0.3, -0.25) is 9.80 Å². The third-order valence-corrected chi connectivity index (χ3v) is 4.90. The minimum Gasteiger partial charge on any atom is -0.469 e. The zero-order valence-corrected chi connectivity index (χ0v) is 16.2. The number of aryl methyl sites for hydroxylation is 2. The summed E-state index contributed by atoms with van der Waals surface area (Å²) in [5.41, 5.74) is 5.12. The fraction of sp³-hybridized carbons (Fsp3) is 0.238. The second kappa shape index (κ2) is 7.49. The maximum absolute atomic E-state index is 12.8. The number of carbonyl (C=O) groups excluding carboxylic acids is 1. The molecule has 9 heteroatoms. The SMILES string of the molecule is Cc1ccc2c(n1)N(Cc1ccc(C(F)(F)F)cc1)NC2NC(=O)c1ccoc1C. The summed E-state index contributed by atoms with van der Waals surface area (Å²) in [4.78, 5) is 17.1. The summed E-state index contributed by atoms with van der Waals surface area (Å²) in [6.45, 7) is 3.82. The van der Waals surface area contributed by atoms with Crippen molar-refractivity contribution in [3.8, 4) is 0 Å². The predicted molar refractivity (Wildman–Crippen MR) is 103 cm³/mol. The number of rotatable bonds is 4. The molecule has 0 fully saturated rings. The number of aromatic nitrogens is 1. The van der Waals surface area contributed by atoms with Crippen molar-refractivity contribution >= 4 is 11.7 Å². The molecule has 1 atom stereocenters. The van der Waals surface area contributed by atoms with E-state index in [-0.39, 0.29) is 12.5 Å². The molecule has 0 saturated heterocycles. The molecule has 156 valence electrons. The van der Waals surface area contributed by atoms with Gasteiger partial charge in [0.25, 0.3) is 5.91 Å². The molecule has 0 spiro atoms. The van der Waals surface area contributed by atoms with Gasteiger partial charge in [-0.15, -0.1) is 0 Å². The van der Waals surface area contributed by atoms with Gasteiger partial charge < -0.3 is 9.73 Å². The molecule has 3 aromatic rings. The average molecular weight is 416 g/mol. The Morgan fingerprint density at radius 1 is 1.17 bits per heavy atom. The molecule has 3 heterocycles. The second-order valence-electron chi connectivity index (χ2n) is 7.07. The Morgan fingerprint density at radius 2 is 1.90 bits per heavy atom. The normalized spacial score (nSPS) is 15.9. The molecule has 1 aromatic carbocycles. The number of fused-ring (bicyclic) bond motifs is 1. The zero-order chi connectivity index (χ0) is 21.5. The summed E-state index contributed by atoms with van der Waals surface area (Å²) < 4.78 is 43.6. The number of furan rings is 1. The highest BCUT2D eigenvalue weighted by Gasteiger charge is 2.32. The number of pyridine rings is 1. The van der Waals surface area contributed by atoms with Crippen LogP contribution in [0.4, 0.5) is 19.0 Å². The van der Waals surface area contributed by atoms with E-state index in [0.717, 1.165) is 23.4 Å². The third kappa shape index (κ3) is 3.88. The van der Waals surface area contributed by atoms with E-state index in [9.17, 15) is 18.0 Å². The van der Waals surface area contributed by atoms with Crippen LogP contribution in [0, 0.1) is 13.8 Å². The van der Waals surface area contributed by atoms with Crippen molar-refractivity contribution in [2.45, 2.75) is 32.7 Å². The van der Waals surface area contributed by atoms with Crippen molar-refractivity contribution in [1.29, 1.82) is 0 Å². The van der Waals surface area contributed by atoms with E-state index in [4.69, 9.17) is 4.42 Å². The van der Waals surface area contributed by atoms with Gasteiger partial charge in [0.2, 0.25) is 0 Å². The van der Waals surface area contributed by atoms with Gasteiger partial charge >= 0.3 is 6.18 Å². The Hall–Kier alpha value is -3.33. The van der Waals surface area contributed by atoms with Crippen molar-refractivity contribution in [1.82, 2.24) is 15.7 Å². The van der Waals surface area contributed by atoms with Crippen LogP contribution in [0.5, 0.6) is 0 Å². The maximum Gasteiger partial charge on any atom is 0.416 e. The molecule has 0 aliphatic carbocycles. The molecule has 1 aliphatic heterocycles. The van der Waals surface area contributed by atoms with Gasteiger partial charge in [-0.05, 0) is 49.7 Å². The number of nitrogens with zero attached hydrogens (tertiary/aromatic N) is 2. The first-order chi connectivity index (χ1) is 14.2. The summed E-state index contributed by atoms with van der Waals surface area (Å²) in [6, 6.07) is 10.3. The van der Waals surface area contributed by atoms with Gasteiger partial charge in [0.05, 0.1) is 23.9 Å². The number of hydrogen-bond donors (Lipinski definition) is 2. The van der Waals surface area contributed by atoms with Crippen LogP contribution in [0.25, 0.3) is 0 Å². The van der Waals surface area contributed by atoms with E-state index in [0.29, 0.717) is 22.7 Å². The molecule has 30 heavy (non-hydrogen) atoms. The Labute approximate surface area is 170 Å². The quantitative estimate of drug-likeness (QED) is 0.665. The highest BCUT2D eigenvalue weighted by molar-refractivity contribution is 5.95. The lowest BCUT2D eigenvalue weighted by molar-refractivity contribution is -0.137. The van der Waals surface area contributed by atoms with E-state index >= 15 is 0 Å². The molecular formula is C21H19F3N4O2. The maximum atomic E-state index is 12.8. The van der Waals surface area contributed by atoms with Crippen molar-refractivity contribution in [2.75, 3.05) is 5.01 Å². The molecule has 0 radical (unpaired) electrons. The third-order valence-electron chi connectivity index (χ3n) is 4.90. The minimum absolute atomic E-state index is 0.276. The van der Waals surface area contributed by atoms with Crippen LogP contribution in [-0.4, -0.2) is 10.9 Å². The van der Waals surface area contributed by atoms with Gasteiger partial charge in [0, 0.05) is 11.3 Å². The minimum atomic E-state index is -4.38. The topological polar surface area (TPSA) is 70.4 Å². The number of amides is 1. The van der Waals surface area contributed by atoms with Gasteiger partial charge in [0.1, 0.15) is 17.7 Å². The molecule has 1 amide bonds. The van der Waals surface area contributed by atoms with Crippen LogP contribution in [0.15, 0.2) is 53.1 Å². The first-order valence-corrected chi connectivity index (χ1v) is 9.25. The van der Waals surface area contributed by atoms with E-state index in [1.54, 1.807) is 18.0 Å². The summed E-state index contributed by atoms with van der Waals surface area (Å²) in [6.07, 6.45) is -3.47. The molecule has 6 nitrogen and oxygen atoms in total. The Balaban J connectivity index is 1.56. The summed E-state index contributed by atoms with van der Waals surface area (Å²) in [5.74, 6) is 0.820. The largest absolute Gasteiger partial charge is 0.469 e. The monoisotopic (exact) mass is 416 g/mol. The highest BCUT2D eigenvalue weighted by atomic mass is 19.4. The Kier molecular flexibility index (Phi) is 4.98. The van der Waals surface area contributed by atoms with Crippen molar-refractivity contribution in [3.63, 3.8) is 0 Å². The van der Waals surface area contributed by atoms with E-state index in [1.807, 2.05) is 19.1 Å². The van der Waals surface area contributed by atoms with E-state index in [1.165, 1.54) is 18.4 Å². The number of anilines is 1. The summed E-state index contributed by atoms with van der Waals surface area (Å²) in [7, 11) is 0. The molecule has 2 aromatic heterocycles. The average Bonchev–Trinajstić information content (AvgIpc) is 3.25. The predicted octanol–water partition coefficient (Wildman–Crippen LogP) is 4.26. The van der Waals surface area contributed by atoms with Crippen LogP contribution < -0.4 is 15.8 Å². The molecular weight excluding hydrogens is 397 g/mol. The van der Waals surface area contributed by atoms with E-state index < -0.39 is 17.9 Å². The second-order valence-corrected chi connectivity index (χ2v) is 7.07. The number of hydrazine groups is 1. The highest BCUT2D eigenvalue weighted by Crippen LogP contribution is 2.32. The Morgan fingerprint density at radius 3 is 2.53 bits per heavy atom. The first-order valence-electron chi connectivity index (χ1n) is 9.25. The molecule has 4 rings (SSSR count). The number of hydrogen-bond acceptors (Lipinski definition) is 5. The molecule has 0 saturated carbocycles. The van der Waals surface area contributed by atoms with Gasteiger partial charge in [-0.2, -0.15) is 13.2 Å². The lowest BCUT2D eigenvalue weighted by Crippen LogP contribution is -2.42.